The highest BCUT2D eigenvalue weighted by molar-refractivity contribution is 5.80. The van der Waals surface area contributed by atoms with Crippen molar-refractivity contribution in [2.75, 3.05) is 6.61 Å². The van der Waals surface area contributed by atoms with Gasteiger partial charge in [0.05, 0.1) is 6.61 Å². The summed E-state index contributed by atoms with van der Waals surface area (Å²) >= 11 is 0. The number of unbranched alkanes of at least 4 members (excludes halogenated alkanes) is 1. The lowest BCUT2D eigenvalue weighted by Crippen LogP contribution is -1.84. The van der Waals surface area contributed by atoms with Gasteiger partial charge in [0.1, 0.15) is 0 Å². The molecule has 0 unspecified atom stereocenters. The van der Waals surface area contributed by atoms with Gasteiger partial charge in [-0.25, -0.2) is 4.79 Å². The zero-order valence-electron chi connectivity index (χ0n) is 7.23. The van der Waals surface area contributed by atoms with Crippen molar-refractivity contribution in [1.29, 1.82) is 0 Å². The maximum atomic E-state index is 9.98. The van der Waals surface area contributed by atoms with Crippen LogP contribution in [0.25, 0.3) is 0 Å². The van der Waals surface area contributed by atoms with E-state index in [9.17, 15) is 4.79 Å². The van der Waals surface area contributed by atoms with Crippen LogP contribution in [0.3, 0.4) is 0 Å². The van der Waals surface area contributed by atoms with E-state index in [4.69, 9.17) is 10.2 Å². The van der Waals surface area contributed by atoms with Crippen LogP contribution in [-0.2, 0) is 4.79 Å². The molecule has 13 heavy (non-hydrogen) atoms. The molecule has 0 aliphatic rings. The van der Waals surface area contributed by atoms with Gasteiger partial charge < -0.3 is 10.2 Å². The fraction of sp³-hybridized carbons (Fsp3) is 0.300. The van der Waals surface area contributed by atoms with E-state index >= 15 is 0 Å². The van der Waals surface area contributed by atoms with Crippen molar-refractivity contribution in [2.45, 2.75) is 12.8 Å². The van der Waals surface area contributed by atoms with Crippen molar-refractivity contribution in [1.82, 2.24) is 0 Å². The molecule has 0 aliphatic carbocycles. The molecule has 0 heterocycles. The third-order valence-corrected chi connectivity index (χ3v) is 1.12. The molecule has 0 aromatic heterocycles. The molecule has 0 atom stereocenters. The number of hydrogen-bond acceptors (Lipinski definition) is 2. The fourth-order valence-corrected chi connectivity index (χ4v) is 0.592. The average molecular weight is 180 g/mol. The molecule has 0 aliphatic heterocycles. The molecule has 70 valence electrons. The zero-order chi connectivity index (χ0) is 9.94. The minimum Gasteiger partial charge on any atom is -0.478 e. The van der Waals surface area contributed by atoms with E-state index in [0.29, 0.717) is 6.42 Å². The van der Waals surface area contributed by atoms with E-state index in [2.05, 4.69) is 11.8 Å². The summed E-state index contributed by atoms with van der Waals surface area (Å²) in [6, 6.07) is 0. The van der Waals surface area contributed by atoms with E-state index in [1.54, 1.807) is 6.08 Å². The number of rotatable bonds is 4. The van der Waals surface area contributed by atoms with Gasteiger partial charge in [-0.2, -0.15) is 0 Å². The average Bonchev–Trinajstić information content (AvgIpc) is 2.09. The van der Waals surface area contributed by atoms with E-state index in [1.165, 1.54) is 6.08 Å². The summed E-state index contributed by atoms with van der Waals surface area (Å²) in [6.07, 6.45) is 7.22. The minimum atomic E-state index is -0.991. The van der Waals surface area contributed by atoms with Gasteiger partial charge >= 0.3 is 5.97 Å². The van der Waals surface area contributed by atoms with Crippen LogP contribution in [0, 0.1) is 11.8 Å². The Bertz CT molecular complexity index is 253. The molecule has 0 aromatic rings. The molecule has 0 spiro atoms. The SMILES string of the molecule is O=C(O)/C=C/C#CCC/C=C\CO. The van der Waals surface area contributed by atoms with E-state index in [1.807, 2.05) is 6.08 Å². The predicted octanol–water partition coefficient (Wildman–Crippen LogP) is 0.959. The summed E-state index contributed by atoms with van der Waals surface area (Å²) in [7, 11) is 0. The summed E-state index contributed by atoms with van der Waals surface area (Å²) in [6.45, 7) is 0.0480. The normalized spacial score (nSPS) is 10.2. The predicted molar refractivity (Wildman–Crippen MR) is 50.0 cm³/mol. The molecular formula is C10H12O3. The van der Waals surface area contributed by atoms with Gasteiger partial charge in [0, 0.05) is 12.5 Å². The lowest BCUT2D eigenvalue weighted by Gasteiger charge is -1.81. The Balaban J connectivity index is 3.51. The Morgan fingerprint density at radius 3 is 2.77 bits per heavy atom. The topological polar surface area (TPSA) is 57.5 Å². The monoisotopic (exact) mass is 180 g/mol. The standard InChI is InChI=1S/C10H12O3/c11-9-7-5-3-1-2-4-6-8-10(12)13/h5-8,11H,1,3,9H2,(H,12,13)/b7-5-,8-6+. The third kappa shape index (κ3) is 10.5. The van der Waals surface area contributed by atoms with E-state index < -0.39 is 5.97 Å². The number of aliphatic carboxylic acids is 1. The first-order valence-corrected chi connectivity index (χ1v) is 3.91. The highest BCUT2D eigenvalue weighted by Crippen LogP contribution is 1.87. The first-order valence-electron chi connectivity index (χ1n) is 3.91. The Hall–Kier alpha value is -1.53. The lowest BCUT2D eigenvalue weighted by molar-refractivity contribution is -0.131. The Morgan fingerprint density at radius 2 is 2.15 bits per heavy atom. The second-order valence-corrected chi connectivity index (χ2v) is 2.19. The fourth-order valence-electron chi connectivity index (χ4n) is 0.592. The first kappa shape index (κ1) is 11.5. The second-order valence-electron chi connectivity index (χ2n) is 2.19. The van der Waals surface area contributed by atoms with Gasteiger partial charge in [0.25, 0.3) is 0 Å². The number of carbonyl (C=O) groups is 1. The third-order valence-electron chi connectivity index (χ3n) is 1.12. The summed E-state index contributed by atoms with van der Waals surface area (Å²) in [5, 5.41) is 16.6. The van der Waals surface area contributed by atoms with E-state index in [-0.39, 0.29) is 6.61 Å². The van der Waals surface area contributed by atoms with Gasteiger partial charge in [-0.3, -0.25) is 0 Å². The summed E-state index contributed by atoms with van der Waals surface area (Å²) in [5.74, 6) is 4.36. The first-order chi connectivity index (χ1) is 6.27. The molecule has 3 heteroatoms. The van der Waals surface area contributed by atoms with Gasteiger partial charge in [-0.15, -0.1) is 0 Å². The van der Waals surface area contributed by atoms with Crippen molar-refractivity contribution < 1.29 is 15.0 Å². The Morgan fingerprint density at radius 1 is 1.38 bits per heavy atom. The molecule has 3 nitrogen and oxygen atoms in total. The summed E-state index contributed by atoms with van der Waals surface area (Å²) < 4.78 is 0. The van der Waals surface area contributed by atoms with Crippen LogP contribution in [0.4, 0.5) is 0 Å². The molecular weight excluding hydrogens is 168 g/mol. The van der Waals surface area contributed by atoms with Gasteiger partial charge in [0.15, 0.2) is 0 Å². The van der Waals surface area contributed by atoms with Crippen LogP contribution in [0.1, 0.15) is 12.8 Å². The van der Waals surface area contributed by atoms with Gasteiger partial charge in [0.2, 0.25) is 0 Å². The molecule has 2 N–H and O–H groups in total. The Kier molecular flexibility index (Phi) is 7.56. The van der Waals surface area contributed by atoms with Gasteiger partial charge in [-0.1, -0.05) is 24.0 Å². The number of carboxylic acid groups (broad SMARTS) is 1. The van der Waals surface area contributed by atoms with Crippen LogP contribution in [0.2, 0.25) is 0 Å². The summed E-state index contributed by atoms with van der Waals surface area (Å²) in [4.78, 5) is 9.98. The smallest absolute Gasteiger partial charge is 0.328 e. The number of aliphatic hydroxyl groups excluding tert-OH is 1. The molecule has 0 rings (SSSR count). The minimum absolute atomic E-state index is 0.0480. The summed E-state index contributed by atoms with van der Waals surface area (Å²) in [5.41, 5.74) is 0. The highest BCUT2D eigenvalue weighted by atomic mass is 16.4. The lowest BCUT2D eigenvalue weighted by atomic mass is 10.3. The van der Waals surface area contributed by atoms with Crippen molar-refractivity contribution in [3.8, 4) is 11.8 Å². The molecule has 0 bridgehead atoms. The van der Waals surface area contributed by atoms with Crippen molar-refractivity contribution in [3.05, 3.63) is 24.3 Å². The highest BCUT2D eigenvalue weighted by Gasteiger charge is 1.79. The van der Waals surface area contributed by atoms with E-state index in [0.717, 1.165) is 12.5 Å². The second kappa shape index (κ2) is 8.57. The number of hydrogen-bond donors (Lipinski definition) is 2. The molecule has 0 amide bonds. The Labute approximate surface area is 77.4 Å². The van der Waals surface area contributed by atoms with Crippen LogP contribution >= 0.6 is 0 Å². The largest absolute Gasteiger partial charge is 0.478 e. The van der Waals surface area contributed by atoms with Crippen LogP contribution < -0.4 is 0 Å². The zero-order valence-corrected chi connectivity index (χ0v) is 7.23. The molecule has 0 radical (unpaired) electrons. The molecule has 0 saturated heterocycles. The maximum absolute atomic E-state index is 9.98. The van der Waals surface area contributed by atoms with Crippen LogP contribution in [-0.4, -0.2) is 22.8 Å². The number of allylic oxidation sites excluding steroid dienone is 2. The van der Waals surface area contributed by atoms with Crippen LogP contribution in [0.15, 0.2) is 24.3 Å². The van der Waals surface area contributed by atoms with Crippen molar-refractivity contribution in [3.63, 3.8) is 0 Å². The molecule has 0 fully saturated rings. The number of carboxylic acids is 1. The maximum Gasteiger partial charge on any atom is 0.328 e. The quantitative estimate of drug-likeness (QED) is 0.293. The van der Waals surface area contributed by atoms with Crippen molar-refractivity contribution in [2.24, 2.45) is 0 Å². The van der Waals surface area contributed by atoms with Crippen LogP contribution in [0.5, 0.6) is 0 Å². The number of aliphatic hydroxyl groups is 1. The molecule has 0 saturated carbocycles. The van der Waals surface area contributed by atoms with Gasteiger partial charge in [-0.05, 0) is 12.5 Å². The molecule has 0 aromatic carbocycles. The van der Waals surface area contributed by atoms with Crippen molar-refractivity contribution >= 4 is 5.97 Å².